The van der Waals surface area contributed by atoms with E-state index in [1.54, 1.807) is 0 Å². The van der Waals surface area contributed by atoms with Crippen molar-refractivity contribution in [2.75, 3.05) is 0 Å². The third kappa shape index (κ3) is 4.65. The number of esters is 1. The largest absolute Gasteiger partial charge is 0.459 e. The van der Waals surface area contributed by atoms with Crippen molar-refractivity contribution in [3.05, 3.63) is 0 Å². The lowest BCUT2D eigenvalue weighted by Crippen LogP contribution is -2.38. The Hall–Kier alpha value is -0.570. The van der Waals surface area contributed by atoms with Gasteiger partial charge in [0.1, 0.15) is 11.6 Å². The number of rotatable bonds is 3. The van der Waals surface area contributed by atoms with E-state index in [4.69, 9.17) is 10.5 Å². The predicted molar refractivity (Wildman–Crippen MR) is 60.4 cm³/mol. The van der Waals surface area contributed by atoms with Crippen LogP contribution in [0.4, 0.5) is 0 Å². The van der Waals surface area contributed by atoms with E-state index in [1.807, 2.05) is 20.8 Å². The highest BCUT2D eigenvalue weighted by Gasteiger charge is 2.26. The summed E-state index contributed by atoms with van der Waals surface area (Å²) in [5.74, 6) is 0.377. The van der Waals surface area contributed by atoms with Gasteiger partial charge in [0.25, 0.3) is 0 Å². The fraction of sp³-hybridized carbons (Fsp3) is 0.917. The maximum Gasteiger partial charge on any atom is 0.323 e. The number of hydrogen-bond acceptors (Lipinski definition) is 3. The first-order valence-electron chi connectivity index (χ1n) is 5.87. The second-order valence-corrected chi connectivity index (χ2v) is 5.53. The Balaban J connectivity index is 2.32. The maximum atomic E-state index is 11.6. The molecule has 1 aliphatic rings. The molecule has 0 bridgehead atoms. The second-order valence-electron chi connectivity index (χ2n) is 5.53. The van der Waals surface area contributed by atoms with Crippen molar-refractivity contribution < 1.29 is 9.53 Å². The van der Waals surface area contributed by atoms with Crippen LogP contribution in [0.2, 0.25) is 0 Å². The average Bonchev–Trinajstić information content (AvgIpc) is 2.53. The van der Waals surface area contributed by atoms with Crippen LogP contribution in [0.15, 0.2) is 0 Å². The van der Waals surface area contributed by atoms with Crippen LogP contribution >= 0.6 is 0 Å². The Morgan fingerprint density at radius 3 is 2.40 bits per heavy atom. The minimum absolute atomic E-state index is 0.255. The Labute approximate surface area is 92.4 Å². The van der Waals surface area contributed by atoms with Gasteiger partial charge < -0.3 is 10.5 Å². The van der Waals surface area contributed by atoms with Gasteiger partial charge in [0.05, 0.1) is 0 Å². The molecule has 0 aromatic rings. The molecule has 1 fully saturated rings. The summed E-state index contributed by atoms with van der Waals surface area (Å²) in [6.07, 6.45) is 5.79. The topological polar surface area (TPSA) is 52.3 Å². The lowest BCUT2D eigenvalue weighted by molar-refractivity contribution is -0.156. The summed E-state index contributed by atoms with van der Waals surface area (Å²) in [4.78, 5) is 11.6. The van der Waals surface area contributed by atoms with Crippen LogP contribution in [0.5, 0.6) is 0 Å². The molecule has 0 aromatic carbocycles. The van der Waals surface area contributed by atoms with Crippen LogP contribution in [-0.4, -0.2) is 17.6 Å². The summed E-state index contributed by atoms with van der Waals surface area (Å²) in [6.45, 7) is 5.60. The molecular weight excluding hydrogens is 190 g/mol. The highest BCUT2D eigenvalue weighted by molar-refractivity contribution is 5.75. The molecule has 0 heterocycles. The van der Waals surface area contributed by atoms with E-state index in [0.29, 0.717) is 5.92 Å². The predicted octanol–water partition coefficient (Wildman–Crippen LogP) is 2.24. The van der Waals surface area contributed by atoms with E-state index in [-0.39, 0.29) is 5.97 Å². The number of nitrogens with two attached hydrogens (primary N) is 1. The lowest BCUT2D eigenvalue weighted by Gasteiger charge is -2.23. The smallest absolute Gasteiger partial charge is 0.323 e. The minimum atomic E-state index is -0.438. The van der Waals surface area contributed by atoms with E-state index >= 15 is 0 Å². The van der Waals surface area contributed by atoms with Crippen molar-refractivity contribution in [2.45, 2.75) is 64.5 Å². The van der Waals surface area contributed by atoms with E-state index in [1.165, 1.54) is 25.7 Å². The molecule has 0 amide bonds. The van der Waals surface area contributed by atoms with Gasteiger partial charge >= 0.3 is 5.97 Å². The summed E-state index contributed by atoms with van der Waals surface area (Å²) in [5.41, 5.74) is 5.40. The lowest BCUT2D eigenvalue weighted by atomic mass is 9.99. The Bertz CT molecular complexity index is 214. The average molecular weight is 213 g/mol. The van der Waals surface area contributed by atoms with Gasteiger partial charge in [-0.25, -0.2) is 0 Å². The Morgan fingerprint density at radius 2 is 1.93 bits per heavy atom. The molecule has 1 unspecified atom stereocenters. The van der Waals surface area contributed by atoms with Crippen molar-refractivity contribution in [3.63, 3.8) is 0 Å². The zero-order valence-electron chi connectivity index (χ0n) is 10.1. The maximum absolute atomic E-state index is 11.6. The zero-order chi connectivity index (χ0) is 11.5. The number of ether oxygens (including phenoxy) is 1. The fourth-order valence-corrected chi connectivity index (χ4v) is 2.08. The van der Waals surface area contributed by atoms with Crippen LogP contribution in [0.25, 0.3) is 0 Å². The fourth-order valence-electron chi connectivity index (χ4n) is 2.08. The van der Waals surface area contributed by atoms with Crippen molar-refractivity contribution in [2.24, 2.45) is 11.7 Å². The minimum Gasteiger partial charge on any atom is -0.459 e. The van der Waals surface area contributed by atoms with Gasteiger partial charge in [0.15, 0.2) is 0 Å². The number of carbonyl (C=O) groups excluding carboxylic acids is 1. The SMILES string of the molecule is CC(C)(C)OC(=O)C(N)CC1CCCC1. The van der Waals surface area contributed by atoms with Crippen LogP contribution < -0.4 is 5.73 Å². The second kappa shape index (κ2) is 4.97. The van der Waals surface area contributed by atoms with Gasteiger partial charge in [-0.15, -0.1) is 0 Å². The monoisotopic (exact) mass is 213 g/mol. The van der Waals surface area contributed by atoms with Crippen molar-refractivity contribution >= 4 is 5.97 Å². The summed E-state index contributed by atoms with van der Waals surface area (Å²) in [7, 11) is 0. The Kier molecular flexibility index (Phi) is 4.14. The van der Waals surface area contributed by atoms with Crippen LogP contribution in [0.3, 0.4) is 0 Å². The summed E-state index contributed by atoms with van der Waals surface area (Å²) in [6, 6.07) is -0.438. The van der Waals surface area contributed by atoms with Crippen LogP contribution in [0.1, 0.15) is 52.9 Å². The first-order valence-corrected chi connectivity index (χ1v) is 5.87. The van der Waals surface area contributed by atoms with E-state index in [2.05, 4.69) is 0 Å². The van der Waals surface area contributed by atoms with Crippen LogP contribution in [0, 0.1) is 5.92 Å². The molecule has 1 atom stereocenters. The van der Waals surface area contributed by atoms with Crippen LogP contribution in [-0.2, 0) is 9.53 Å². The summed E-state index contributed by atoms with van der Waals surface area (Å²) >= 11 is 0. The first-order chi connectivity index (χ1) is 6.88. The first kappa shape index (κ1) is 12.5. The molecule has 0 aromatic heterocycles. The van der Waals surface area contributed by atoms with Gasteiger partial charge in [-0.1, -0.05) is 25.7 Å². The van der Waals surface area contributed by atoms with E-state index in [0.717, 1.165) is 6.42 Å². The zero-order valence-corrected chi connectivity index (χ0v) is 10.1. The standard InChI is InChI=1S/C12H23NO2/c1-12(2,3)15-11(14)10(13)8-9-6-4-5-7-9/h9-10H,4-8,13H2,1-3H3. The quantitative estimate of drug-likeness (QED) is 0.731. The molecule has 88 valence electrons. The highest BCUT2D eigenvalue weighted by atomic mass is 16.6. The van der Waals surface area contributed by atoms with Gasteiger partial charge in [-0.05, 0) is 33.1 Å². The molecule has 1 rings (SSSR count). The van der Waals surface area contributed by atoms with Gasteiger partial charge in [-0.2, -0.15) is 0 Å². The van der Waals surface area contributed by atoms with Crippen molar-refractivity contribution in [3.8, 4) is 0 Å². The molecular formula is C12H23NO2. The van der Waals surface area contributed by atoms with E-state index < -0.39 is 11.6 Å². The molecule has 2 N–H and O–H groups in total. The molecule has 0 spiro atoms. The molecule has 1 saturated carbocycles. The van der Waals surface area contributed by atoms with E-state index in [9.17, 15) is 4.79 Å². The Morgan fingerprint density at radius 1 is 1.40 bits per heavy atom. The molecule has 1 aliphatic carbocycles. The molecule has 0 aliphatic heterocycles. The molecule has 0 saturated heterocycles. The van der Waals surface area contributed by atoms with Crippen molar-refractivity contribution in [1.29, 1.82) is 0 Å². The normalized spacial score (nSPS) is 20.3. The third-order valence-electron chi connectivity index (χ3n) is 2.77. The number of carbonyl (C=O) groups is 1. The molecule has 0 radical (unpaired) electrons. The molecule has 3 nitrogen and oxygen atoms in total. The van der Waals surface area contributed by atoms with Crippen molar-refractivity contribution in [1.82, 2.24) is 0 Å². The van der Waals surface area contributed by atoms with Gasteiger partial charge in [0, 0.05) is 0 Å². The van der Waals surface area contributed by atoms with Gasteiger partial charge in [-0.3, -0.25) is 4.79 Å². The summed E-state index contributed by atoms with van der Waals surface area (Å²) < 4.78 is 5.25. The third-order valence-corrected chi connectivity index (χ3v) is 2.77. The highest BCUT2D eigenvalue weighted by Crippen LogP contribution is 2.28. The number of hydrogen-bond donors (Lipinski definition) is 1. The molecule has 3 heteroatoms. The van der Waals surface area contributed by atoms with Gasteiger partial charge in [0.2, 0.25) is 0 Å². The molecule has 15 heavy (non-hydrogen) atoms. The summed E-state index contributed by atoms with van der Waals surface area (Å²) in [5, 5.41) is 0.